The Hall–Kier alpha value is -2.71. The molecule has 0 saturated heterocycles. The first kappa shape index (κ1) is 14.4. The van der Waals surface area contributed by atoms with Gasteiger partial charge in [-0.15, -0.1) is 0 Å². The smallest absolute Gasteiger partial charge is 0.329 e. The Morgan fingerprint density at radius 2 is 2.11 bits per heavy atom. The van der Waals surface area contributed by atoms with Gasteiger partial charge in [-0.2, -0.15) is 5.10 Å². The molecule has 0 bridgehead atoms. The van der Waals surface area contributed by atoms with Crippen LogP contribution in [0.2, 0.25) is 0 Å². The molecule has 4 N–H and O–H groups in total. The highest BCUT2D eigenvalue weighted by Crippen LogP contribution is 1.87. The molecule has 102 valence electrons. The number of nitrogens with zero attached hydrogens (tertiary/aromatic N) is 2. The number of nitrogens with two attached hydrogens (primary N) is 1. The molecule has 2 amide bonds. The van der Waals surface area contributed by atoms with Crippen molar-refractivity contribution in [2.24, 2.45) is 10.8 Å². The van der Waals surface area contributed by atoms with Gasteiger partial charge < -0.3 is 5.73 Å². The van der Waals surface area contributed by atoms with E-state index in [9.17, 15) is 19.2 Å². The number of aromatic nitrogens is 2. The predicted octanol–water partition coefficient (Wildman–Crippen LogP) is -2.10. The van der Waals surface area contributed by atoms with Crippen molar-refractivity contribution >= 4 is 17.5 Å². The lowest BCUT2D eigenvalue weighted by molar-refractivity contribution is -0.137. The van der Waals surface area contributed by atoms with Gasteiger partial charge in [-0.05, 0) is 6.92 Å². The first-order chi connectivity index (χ1) is 8.90. The van der Waals surface area contributed by atoms with Gasteiger partial charge >= 0.3 is 11.8 Å². The van der Waals surface area contributed by atoms with E-state index in [2.05, 4.69) is 10.2 Å². The van der Waals surface area contributed by atoms with Gasteiger partial charge in [0.2, 0.25) is 0 Å². The number of nitrogens with one attached hydrogen (secondary N) is 2. The number of carbonyl (C=O) groups excluding carboxylic acids is 2. The van der Waals surface area contributed by atoms with Crippen molar-refractivity contribution in [3.8, 4) is 0 Å². The molecule has 9 heteroatoms. The Kier molecular flexibility index (Phi) is 4.75. The molecule has 0 fully saturated rings. The molecule has 1 aromatic heterocycles. The van der Waals surface area contributed by atoms with Crippen molar-refractivity contribution < 1.29 is 9.59 Å². The molecule has 9 nitrogen and oxygen atoms in total. The maximum Gasteiger partial charge on any atom is 0.329 e. The fourth-order valence-corrected chi connectivity index (χ4v) is 1.16. The third kappa shape index (κ3) is 4.58. The normalized spacial score (nSPS) is 11.1. The predicted molar refractivity (Wildman–Crippen MR) is 66.4 cm³/mol. The maximum absolute atomic E-state index is 11.4. The molecule has 1 heterocycles. The van der Waals surface area contributed by atoms with Crippen LogP contribution >= 0.6 is 0 Å². The third-order valence-corrected chi connectivity index (χ3v) is 2.16. The molecule has 0 aliphatic rings. The minimum Gasteiger partial charge on any atom is -0.361 e. The number of H-pyrrole nitrogens is 1. The lowest BCUT2D eigenvalue weighted by atomic mass is 10.3. The van der Waals surface area contributed by atoms with Crippen LogP contribution in [0.15, 0.2) is 26.8 Å². The average molecular weight is 267 g/mol. The summed E-state index contributed by atoms with van der Waals surface area (Å²) in [6.07, 6.45) is 0.304. The molecule has 0 aliphatic heterocycles. The maximum atomic E-state index is 11.4. The second kappa shape index (κ2) is 6.28. The monoisotopic (exact) mass is 267 g/mol. The van der Waals surface area contributed by atoms with Crippen LogP contribution in [0.3, 0.4) is 0 Å². The van der Waals surface area contributed by atoms with Crippen molar-refractivity contribution in [3.63, 3.8) is 0 Å². The van der Waals surface area contributed by atoms with E-state index >= 15 is 0 Å². The summed E-state index contributed by atoms with van der Waals surface area (Å²) in [5, 5.41) is 5.97. The first-order valence-corrected chi connectivity index (χ1v) is 5.33. The Balaban J connectivity index is 2.61. The summed E-state index contributed by atoms with van der Waals surface area (Å²) in [5.41, 5.74) is 6.40. The summed E-state index contributed by atoms with van der Waals surface area (Å²) in [5.74, 6) is -2.16. The lowest BCUT2D eigenvalue weighted by Crippen LogP contribution is -2.33. The van der Waals surface area contributed by atoms with Gasteiger partial charge in [0.1, 0.15) is 0 Å². The summed E-state index contributed by atoms with van der Waals surface area (Å²) < 4.78 is 1.12. The Labute approximate surface area is 107 Å². The number of amides is 2. The quantitative estimate of drug-likeness (QED) is 0.326. The van der Waals surface area contributed by atoms with E-state index in [0.717, 1.165) is 16.8 Å². The van der Waals surface area contributed by atoms with Crippen molar-refractivity contribution in [2.45, 2.75) is 19.9 Å². The Morgan fingerprint density at radius 3 is 2.74 bits per heavy atom. The largest absolute Gasteiger partial charge is 0.361 e. The standard InChI is InChI=1S/C10H13N5O4/c1-6(12-13-10(19)9(11)18)4-5-15-8(17)3-2-7(16)14-15/h2-3H,4-5H2,1H3,(H2,11,18)(H,13,19)(H,14,16)/b12-6+. The van der Waals surface area contributed by atoms with E-state index in [1.165, 1.54) is 0 Å². The number of carbonyl (C=O) groups is 2. The zero-order valence-corrected chi connectivity index (χ0v) is 10.2. The van der Waals surface area contributed by atoms with E-state index in [4.69, 9.17) is 5.73 Å². The van der Waals surface area contributed by atoms with Crippen molar-refractivity contribution in [1.82, 2.24) is 15.2 Å². The second-order valence-corrected chi connectivity index (χ2v) is 3.70. The zero-order valence-electron chi connectivity index (χ0n) is 10.2. The highest BCUT2D eigenvalue weighted by Gasteiger charge is 2.06. The van der Waals surface area contributed by atoms with Crippen LogP contribution < -0.4 is 22.3 Å². The minimum atomic E-state index is -1.14. The SMILES string of the molecule is C/C(CCn1[nH]c(=O)ccc1=O)=N\NC(=O)C(N)=O. The molecule has 0 aliphatic carbocycles. The highest BCUT2D eigenvalue weighted by atomic mass is 16.2. The van der Waals surface area contributed by atoms with Gasteiger partial charge in [0, 0.05) is 30.8 Å². The lowest BCUT2D eigenvalue weighted by Gasteiger charge is -2.04. The third-order valence-electron chi connectivity index (χ3n) is 2.16. The molecule has 19 heavy (non-hydrogen) atoms. The number of rotatable bonds is 4. The van der Waals surface area contributed by atoms with Gasteiger partial charge in [0.15, 0.2) is 0 Å². The molecule has 1 aromatic rings. The van der Waals surface area contributed by atoms with Crippen molar-refractivity contribution in [3.05, 3.63) is 32.8 Å². The van der Waals surface area contributed by atoms with Gasteiger partial charge in [0.05, 0.1) is 0 Å². The molecule has 1 rings (SSSR count). The number of hydrazone groups is 1. The molecule has 0 radical (unpaired) electrons. The van der Waals surface area contributed by atoms with Crippen molar-refractivity contribution in [2.75, 3.05) is 0 Å². The summed E-state index contributed by atoms with van der Waals surface area (Å²) in [6, 6.07) is 2.28. The minimum absolute atomic E-state index is 0.191. The van der Waals surface area contributed by atoms with Crippen LogP contribution in [-0.4, -0.2) is 27.3 Å². The Morgan fingerprint density at radius 1 is 1.42 bits per heavy atom. The topological polar surface area (TPSA) is 139 Å². The summed E-state index contributed by atoms with van der Waals surface area (Å²) in [6.45, 7) is 1.78. The fourth-order valence-electron chi connectivity index (χ4n) is 1.16. The molecule has 0 atom stereocenters. The fraction of sp³-hybridized carbons (Fsp3) is 0.300. The van der Waals surface area contributed by atoms with Crippen LogP contribution in [0.4, 0.5) is 0 Å². The van der Waals surface area contributed by atoms with Crippen LogP contribution in [0.1, 0.15) is 13.3 Å². The zero-order chi connectivity index (χ0) is 14.4. The van der Waals surface area contributed by atoms with Gasteiger partial charge in [-0.1, -0.05) is 0 Å². The highest BCUT2D eigenvalue weighted by molar-refractivity contribution is 6.34. The molecule has 0 saturated carbocycles. The average Bonchev–Trinajstić information content (AvgIpc) is 2.36. The molecule has 0 spiro atoms. The van der Waals surface area contributed by atoms with Crippen LogP contribution in [0, 0.1) is 0 Å². The van der Waals surface area contributed by atoms with E-state index in [1.54, 1.807) is 6.92 Å². The molecular formula is C10H13N5O4. The summed E-state index contributed by atoms with van der Waals surface area (Å²) in [4.78, 5) is 43.6. The van der Waals surface area contributed by atoms with Gasteiger partial charge in [0.25, 0.3) is 11.1 Å². The van der Waals surface area contributed by atoms with E-state index < -0.39 is 17.4 Å². The van der Waals surface area contributed by atoms with Gasteiger partial charge in [-0.25, -0.2) is 10.1 Å². The molecule has 0 aromatic carbocycles. The number of aryl methyl sites for hydroxylation is 1. The van der Waals surface area contributed by atoms with E-state index in [0.29, 0.717) is 12.1 Å². The summed E-state index contributed by atoms with van der Waals surface area (Å²) in [7, 11) is 0. The van der Waals surface area contributed by atoms with Crippen LogP contribution in [0.5, 0.6) is 0 Å². The van der Waals surface area contributed by atoms with Gasteiger partial charge in [-0.3, -0.25) is 24.3 Å². The Bertz CT molecular complexity index is 627. The van der Waals surface area contributed by atoms with Crippen LogP contribution in [-0.2, 0) is 16.1 Å². The second-order valence-electron chi connectivity index (χ2n) is 3.70. The van der Waals surface area contributed by atoms with Crippen LogP contribution in [0.25, 0.3) is 0 Å². The van der Waals surface area contributed by atoms with Crippen molar-refractivity contribution in [1.29, 1.82) is 0 Å². The molecular weight excluding hydrogens is 254 g/mol. The first-order valence-electron chi connectivity index (χ1n) is 5.33. The van der Waals surface area contributed by atoms with E-state index in [-0.39, 0.29) is 12.1 Å². The number of aromatic amines is 1. The number of hydrogen-bond donors (Lipinski definition) is 3. The van der Waals surface area contributed by atoms with E-state index in [1.807, 2.05) is 5.43 Å². The number of primary amides is 1. The summed E-state index contributed by atoms with van der Waals surface area (Å²) >= 11 is 0. The molecule has 0 unspecified atom stereocenters. The number of hydrogen-bond acceptors (Lipinski definition) is 5.